The Morgan fingerprint density at radius 3 is 2.89 bits per heavy atom. The number of carbonyl (C=O) groups is 1. The van der Waals surface area contributed by atoms with E-state index >= 15 is 0 Å². The smallest absolute Gasteiger partial charge is 0.303 e. The van der Waals surface area contributed by atoms with Crippen molar-refractivity contribution in [2.75, 3.05) is 0 Å². The summed E-state index contributed by atoms with van der Waals surface area (Å²) in [5, 5.41) is 24.3. The van der Waals surface area contributed by atoms with Gasteiger partial charge in [0.25, 0.3) is 5.69 Å². The summed E-state index contributed by atoms with van der Waals surface area (Å²) in [6.45, 7) is 0.554. The predicted octanol–water partition coefficient (Wildman–Crippen LogP) is 2.20. The largest absolute Gasteiger partial charge is 0.481 e. The number of benzene rings is 1. The molecular formula is C12H13N3O4. The highest BCUT2D eigenvalue weighted by atomic mass is 16.6. The molecule has 0 amide bonds. The first-order chi connectivity index (χ1) is 9.08. The number of non-ortho nitro benzene ring substituents is 1. The van der Waals surface area contributed by atoms with E-state index in [4.69, 9.17) is 5.11 Å². The Balaban J connectivity index is 2.12. The summed E-state index contributed by atoms with van der Waals surface area (Å²) >= 11 is 0. The molecule has 100 valence electrons. The maximum absolute atomic E-state index is 10.7. The quantitative estimate of drug-likeness (QED) is 0.489. The molecule has 0 bridgehead atoms. The molecular weight excluding hydrogens is 250 g/mol. The van der Waals surface area contributed by atoms with Crippen LogP contribution in [0.5, 0.6) is 0 Å². The predicted molar refractivity (Wildman–Crippen MR) is 67.9 cm³/mol. The molecule has 0 aliphatic rings. The Morgan fingerprint density at radius 1 is 1.42 bits per heavy atom. The third-order valence-electron chi connectivity index (χ3n) is 2.85. The molecule has 7 nitrogen and oxygen atoms in total. The molecule has 1 N–H and O–H groups in total. The van der Waals surface area contributed by atoms with Crippen molar-refractivity contribution in [1.29, 1.82) is 0 Å². The summed E-state index contributed by atoms with van der Waals surface area (Å²) in [4.78, 5) is 20.7. The molecule has 0 atom stereocenters. The number of nitro benzene ring substituents is 1. The Kier molecular flexibility index (Phi) is 3.74. The van der Waals surface area contributed by atoms with E-state index in [1.165, 1.54) is 12.1 Å². The lowest BCUT2D eigenvalue weighted by atomic mass is 10.2. The maximum atomic E-state index is 10.7. The summed E-state index contributed by atoms with van der Waals surface area (Å²) < 4.78 is 1.67. The molecule has 0 fully saturated rings. The monoisotopic (exact) mass is 263 g/mol. The number of carboxylic acid groups (broad SMARTS) is 1. The lowest BCUT2D eigenvalue weighted by molar-refractivity contribution is -0.384. The maximum Gasteiger partial charge on any atom is 0.303 e. The number of aliphatic carboxylic acids is 1. The normalized spacial score (nSPS) is 10.7. The fourth-order valence-corrected chi connectivity index (χ4v) is 1.89. The van der Waals surface area contributed by atoms with Gasteiger partial charge in [-0.15, -0.1) is 0 Å². The van der Waals surface area contributed by atoms with E-state index in [-0.39, 0.29) is 12.1 Å². The molecule has 1 aromatic heterocycles. The van der Waals surface area contributed by atoms with Crippen molar-refractivity contribution >= 4 is 22.6 Å². The molecule has 2 aromatic rings. The van der Waals surface area contributed by atoms with Gasteiger partial charge >= 0.3 is 5.97 Å². The van der Waals surface area contributed by atoms with Crippen molar-refractivity contribution in [2.24, 2.45) is 0 Å². The van der Waals surface area contributed by atoms with Crippen molar-refractivity contribution in [1.82, 2.24) is 9.78 Å². The Morgan fingerprint density at radius 2 is 2.21 bits per heavy atom. The van der Waals surface area contributed by atoms with Gasteiger partial charge in [-0.1, -0.05) is 0 Å². The highest BCUT2D eigenvalue weighted by Gasteiger charge is 2.10. The van der Waals surface area contributed by atoms with Gasteiger partial charge in [-0.05, 0) is 18.9 Å². The van der Waals surface area contributed by atoms with Crippen molar-refractivity contribution in [3.05, 3.63) is 34.5 Å². The topological polar surface area (TPSA) is 98.3 Å². The third kappa shape index (κ3) is 3.06. The van der Waals surface area contributed by atoms with Crippen LogP contribution in [-0.2, 0) is 11.3 Å². The lowest BCUT2D eigenvalue weighted by Crippen LogP contribution is -2.02. The first-order valence-electron chi connectivity index (χ1n) is 5.89. The number of hydrogen-bond donors (Lipinski definition) is 1. The van der Waals surface area contributed by atoms with Gasteiger partial charge < -0.3 is 5.11 Å². The van der Waals surface area contributed by atoms with Crippen LogP contribution in [0.4, 0.5) is 5.69 Å². The molecule has 0 spiro atoms. The first kappa shape index (κ1) is 13.0. The number of aromatic nitrogens is 2. The SMILES string of the molecule is O=C(O)CCCCn1ncc2ccc([N+](=O)[O-])cc21. The second kappa shape index (κ2) is 5.47. The Hall–Kier alpha value is -2.44. The average Bonchev–Trinajstić information content (AvgIpc) is 2.76. The molecule has 1 heterocycles. The zero-order valence-electron chi connectivity index (χ0n) is 10.2. The van der Waals surface area contributed by atoms with Crippen LogP contribution in [0, 0.1) is 10.1 Å². The van der Waals surface area contributed by atoms with Gasteiger partial charge in [0.15, 0.2) is 0 Å². The first-order valence-corrected chi connectivity index (χ1v) is 5.89. The molecule has 1 aromatic carbocycles. The number of hydrogen-bond acceptors (Lipinski definition) is 4. The highest BCUT2D eigenvalue weighted by Crippen LogP contribution is 2.20. The van der Waals surface area contributed by atoms with Crippen LogP contribution in [0.1, 0.15) is 19.3 Å². The number of fused-ring (bicyclic) bond motifs is 1. The fraction of sp³-hybridized carbons (Fsp3) is 0.333. The third-order valence-corrected chi connectivity index (χ3v) is 2.85. The van der Waals surface area contributed by atoms with Crippen LogP contribution in [0.2, 0.25) is 0 Å². The van der Waals surface area contributed by atoms with Gasteiger partial charge in [0.1, 0.15) is 0 Å². The lowest BCUT2D eigenvalue weighted by Gasteiger charge is -2.02. The minimum absolute atomic E-state index is 0.0276. The van der Waals surface area contributed by atoms with Gasteiger partial charge in [-0.3, -0.25) is 19.6 Å². The number of carboxylic acids is 1. The Bertz CT molecular complexity index is 620. The molecule has 0 aliphatic carbocycles. The summed E-state index contributed by atoms with van der Waals surface area (Å²) in [5.41, 5.74) is 0.726. The van der Waals surface area contributed by atoms with Crippen LogP contribution in [0.25, 0.3) is 10.9 Å². The van der Waals surface area contributed by atoms with Gasteiger partial charge in [-0.25, -0.2) is 0 Å². The van der Waals surface area contributed by atoms with E-state index < -0.39 is 10.9 Å². The van der Waals surface area contributed by atoms with Crippen LogP contribution >= 0.6 is 0 Å². The summed E-state index contributed by atoms with van der Waals surface area (Å²) in [5.74, 6) is -0.819. The van der Waals surface area contributed by atoms with E-state index in [2.05, 4.69) is 5.10 Å². The minimum Gasteiger partial charge on any atom is -0.481 e. The standard InChI is InChI=1S/C12H13N3O4/c16-12(17)3-1-2-6-14-11-7-10(15(18)19)5-4-9(11)8-13-14/h4-5,7-8H,1-3,6H2,(H,16,17). The Labute approximate surface area is 108 Å². The van der Waals surface area contributed by atoms with Crippen molar-refractivity contribution in [3.8, 4) is 0 Å². The average molecular weight is 263 g/mol. The van der Waals surface area contributed by atoms with E-state index in [1.54, 1.807) is 16.9 Å². The van der Waals surface area contributed by atoms with Gasteiger partial charge in [0, 0.05) is 30.5 Å². The van der Waals surface area contributed by atoms with Crippen LogP contribution in [-0.4, -0.2) is 25.8 Å². The highest BCUT2D eigenvalue weighted by molar-refractivity contribution is 5.80. The van der Waals surface area contributed by atoms with Gasteiger partial charge in [0.2, 0.25) is 0 Å². The van der Waals surface area contributed by atoms with Crippen LogP contribution < -0.4 is 0 Å². The fourth-order valence-electron chi connectivity index (χ4n) is 1.89. The van der Waals surface area contributed by atoms with Gasteiger partial charge in [0.05, 0.1) is 16.6 Å². The molecule has 0 saturated heterocycles. The summed E-state index contributed by atoms with van der Waals surface area (Å²) in [7, 11) is 0. The summed E-state index contributed by atoms with van der Waals surface area (Å²) in [6.07, 6.45) is 3.01. The molecule has 0 radical (unpaired) electrons. The number of nitro groups is 1. The van der Waals surface area contributed by atoms with Crippen molar-refractivity contribution in [2.45, 2.75) is 25.8 Å². The molecule has 2 rings (SSSR count). The van der Waals surface area contributed by atoms with Crippen LogP contribution in [0.3, 0.4) is 0 Å². The number of nitrogens with zero attached hydrogens (tertiary/aromatic N) is 3. The van der Waals surface area contributed by atoms with E-state index in [1.807, 2.05) is 0 Å². The minimum atomic E-state index is -0.819. The zero-order valence-corrected chi connectivity index (χ0v) is 10.2. The van der Waals surface area contributed by atoms with E-state index in [0.29, 0.717) is 24.9 Å². The van der Waals surface area contributed by atoms with Crippen molar-refractivity contribution < 1.29 is 14.8 Å². The molecule has 0 unspecified atom stereocenters. The molecule has 7 heteroatoms. The molecule has 0 aliphatic heterocycles. The van der Waals surface area contributed by atoms with Crippen LogP contribution in [0.15, 0.2) is 24.4 Å². The second-order valence-corrected chi connectivity index (χ2v) is 4.22. The molecule has 0 saturated carbocycles. The zero-order chi connectivity index (χ0) is 13.8. The number of unbranched alkanes of at least 4 members (excludes halogenated alkanes) is 1. The van der Waals surface area contributed by atoms with Gasteiger partial charge in [-0.2, -0.15) is 5.10 Å². The second-order valence-electron chi connectivity index (χ2n) is 4.22. The number of aryl methyl sites for hydroxylation is 1. The summed E-state index contributed by atoms with van der Waals surface area (Å²) in [6, 6.07) is 4.59. The van der Waals surface area contributed by atoms with E-state index in [0.717, 1.165) is 5.39 Å². The van der Waals surface area contributed by atoms with E-state index in [9.17, 15) is 14.9 Å². The molecule has 19 heavy (non-hydrogen) atoms. The number of rotatable bonds is 6. The van der Waals surface area contributed by atoms with Crippen molar-refractivity contribution in [3.63, 3.8) is 0 Å².